The third kappa shape index (κ3) is 3.07. The maximum atomic E-state index is 11.5. The molecule has 3 rings (SSSR count). The van der Waals surface area contributed by atoms with Crippen LogP contribution in [0.5, 0.6) is 0 Å². The van der Waals surface area contributed by atoms with Gasteiger partial charge in [0.05, 0.1) is 12.7 Å². The molecule has 0 amide bonds. The first-order valence-corrected chi connectivity index (χ1v) is 7.26. The average molecular weight is 281 g/mol. The topological polar surface area (TPSA) is 38.3 Å². The molecule has 1 saturated carbocycles. The molecule has 0 radical (unpaired) electrons. The monoisotopic (exact) mass is 281 g/mol. The summed E-state index contributed by atoms with van der Waals surface area (Å²) in [5.74, 6) is 0.349. The van der Waals surface area contributed by atoms with Crippen molar-refractivity contribution in [1.82, 2.24) is 0 Å². The molecule has 2 aromatic rings. The second kappa shape index (κ2) is 6.00. The summed E-state index contributed by atoms with van der Waals surface area (Å²) in [6, 6.07) is 18.6. The van der Waals surface area contributed by atoms with Gasteiger partial charge in [-0.15, -0.1) is 0 Å². The Kier molecular flexibility index (Phi) is 3.91. The number of methoxy groups -OCH3 is 1. The summed E-state index contributed by atoms with van der Waals surface area (Å²) in [4.78, 5) is 11.5. The Morgan fingerprint density at radius 3 is 2.57 bits per heavy atom. The molecule has 0 atom stereocenters. The summed E-state index contributed by atoms with van der Waals surface area (Å²) in [5, 5.41) is 3.49. The SMILES string of the molecule is COC(=O)c1cccc(NC2CC(c3ccccc3)C2)c1. The smallest absolute Gasteiger partial charge is 0.337 e. The van der Waals surface area contributed by atoms with Gasteiger partial charge in [0.25, 0.3) is 0 Å². The third-order valence-corrected chi connectivity index (χ3v) is 4.06. The summed E-state index contributed by atoms with van der Waals surface area (Å²) in [6.45, 7) is 0. The Balaban J connectivity index is 1.58. The van der Waals surface area contributed by atoms with Crippen LogP contribution in [0, 0.1) is 0 Å². The summed E-state index contributed by atoms with van der Waals surface area (Å²) in [5.41, 5.74) is 2.98. The van der Waals surface area contributed by atoms with E-state index in [1.807, 2.05) is 18.2 Å². The quantitative estimate of drug-likeness (QED) is 0.866. The lowest BCUT2D eigenvalue weighted by Gasteiger charge is -2.37. The molecule has 0 bridgehead atoms. The first-order chi connectivity index (χ1) is 10.3. The normalized spacial score (nSPS) is 20.4. The van der Waals surface area contributed by atoms with Gasteiger partial charge in [-0.3, -0.25) is 0 Å². The van der Waals surface area contributed by atoms with Crippen LogP contribution in [0.1, 0.15) is 34.7 Å². The van der Waals surface area contributed by atoms with E-state index in [1.165, 1.54) is 12.7 Å². The van der Waals surface area contributed by atoms with Gasteiger partial charge >= 0.3 is 5.97 Å². The van der Waals surface area contributed by atoms with Crippen LogP contribution < -0.4 is 5.32 Å². The number of hydrogen-bond acceptors (Lipinski definition) is 3. The van der Waals surface area contributed by atoms with Gasteiger partial charge in [0, 0.05) is 11.7 Å². The number of carbonyl (C=O) groups excluding carboxylic acids is 1. The summed E-state index contributed by atoms with van der Waals surface area (Å²) < 4.78 is 4.74. The number of ether oxygens (including phenoxy) is 1. The summed E-state index contributed by atoms with van der Waals surface area (Å²) in [7, 11) is 1.40. The van der Waals surface area contributed by atoms with E-state index in [9.17, 15) is 4.79 Å². The van der Waals surface area contributed by atoms with Crippen molar-refractivity contribution in [2.45, 2.75) is 24.8 Å². The lowest BCUT2D eigenvalue weighted by Crippen LogP contribution is -2.34. The second-order valence-electron chi connectivity index (χ2n) is 5.49. The molecule has 0 heterocycles. The number of rotatable bonds is 4. The molecule has 0 unspecified atom stereocenters. The Morgan fingerprint density at radius 2 is 1.86 bits per heavy atom. The number of nitrogens with one attached hydrogen (secondary N) is 1. The minimum absolute atomic E-state index is 0.297. The number of hydrogen-bond donors (Lipinski definition) is 1. The molecule has 1 aliphatic carbocycles. The minimum Gasteiger partial charge on any atom is -0.465 e. The fraction of sp³-hybridized carbons (Fsp3) is 0.278. The fourth-order valence-electron chi connectivity index (χ4n) is 2.82. The number of esters is 1. The zero-order chi connectivity index (χ0) is 14.7. The van der Waals surface area contributed by atoms with Crippen LogP contribution >= 0.6 is 0 Å². The maximum absolute atomic E-state index is 11.5. The van der Waals surface area contributed by atoms with Gasteiger partial charge in [0.1, 0.15) is 0 Å². The Labute approximate surface area is 124 Å². The van der Waals surface area contributed by atoms with Crippen LogP contribution in [0.3, 0.4) is 0 Å². The third-order valence-electron chi connectivity index (χ3n) is 4.06. The van der Waals surface area contributed by atoms with E-state index < -0.39 is 0 Å². The zero-order valence-corrected chi connectivity index (χ0v) is 12.1. The van der Waals surface area contributed by atoms with Crippen LogP contribution in [0.15, 0.2) is 54.6 Å². The molecule has 1 aliphatic rings. The molecular weight excluding hydrogens is 262 g/mol. The maximum Gasteiger partial charge on any atom is 0.337 e. The van der Waals surface area contributed by atoms with E-state index in [4.69, 9.17) is 4.74 Å². The second-order valence-corrected chi connectivity index (χ2v) is 5.49. The van der Waals surface area contributed by atoms with Crippen LogP contribution in [-0.2, 0) is 4.74 Å². The van der Waals surface area contributed by atoms with Gasteiger partial charge in [0.2, 0.25) is 0 Å². The van der Waals surface area contributed by atoms with Crippen LogP contribution in [0.4, 0.5) is 5.69 Å². The highest BCUT2D eigenvalue weighted by molar-refractivity contribution is 5.90. The van der Waals surface area contributed by atoms with Crippen molar-refractivity contribution in [2.24, 2.45) is 0 Å². The molecule has 1 fully saturated rings. The van der Waals surface area contributed by atoms with Crippen molar-refractivity contribution >= 4 is 11.7 Å². The first kappa shape index (κ1) is 13.7. The molecule has 21 heavy (non-hydrogen) atoms. The summed E-state index contributed by atoms with van der Waals surface area (Å²) >= 11 is 0. The van der Waals surface area contributed by atoms with Crippen LogP contribution in [0.2, 0.25) is 0 Å². The standard InChI is InChI=1S/C18H19NO2/c1-21-18(20)14-8-5-9-16(10-14)19-17-11-15(12-17)13-6-3-2-4-7-13/h2-10,15,17,19H,11-12H2,1H3. The molecule has 0 aromatic heterocycles. The molecule has 3 heteroatoms. The molecule has 2 aromatic carbocycles. The zero-order valence-electron chi connectivity index (χ0n) is 12.1. The first-order valence-electron chi connectivity index (χ1n) is 7.26. The number of benzene rings is 2. The van der Waals surface area contributed by atoms with Crippen molar-refractivity contribution in [3.05, 3.63) is 65.7 Å². The van der Waals surface area contributed by atoms with Gasteiger partial charge in [0.15, 0.2) is 0 Å². The molecule has 108 valence electrons. The van der Waals surface area contributed by atoms with E-state index in [0.717, 1.165) is 18.5 Å². The van der Waals surface area contributed by atoms with Gasteiger partial charge in [-0.2, -0.15) is 0 Å². The molecule has 1 N–H and O–H groups in total. The Hall–Kier alpha value is -2.29. The van der Waals surface area contributed by atoms with Crippen molar-refractivity contribution in [2.75, 3.05) is 12.4 Å². The number of anilines is 1. The van der Waals surface area contributed by atoms with Gasteiger partial charge in [-0.05, 0) is 42.5 Å². The van der Waals surface area contributed by atoms with E-state index in [0.29, 0.717) is 17.5 Å². The van der Waals surface area contributed by atoms with E-state index in [2.05, 4.69) is 35.6 Å². The van der Waals surface area contributed by atoms with E-state index in [1.54, 1.807) is 6.07 Å². The van der Waals surface area contributed by atoms with Crippen LogP contribution in [0.25, 0.3) is 0 Å². The van der Waals surface area contributed by atoms with E-state index >= 15 is 0 Å². The van der Waals surface area contributed by atoms with Gasteiger partial charge < -0.3 is 10.1 Å². The highest BCUT2D eigenvalue weighted by Gasteiger charge is 2.30. The molecular formula is C18H19NO2. The predicted molar refractivity (Wildman–Crippen MR) is 83.6 cm³/mol. The molecule has 3 nitrogen and oxygen atoms in total. The van der Waals surface area contributed by atoms with Crippen molar-refractivity contribution in [3.63, 3.8) is 0 Å². The summed E-state index contributed by atoms with van der Waals surface area (Å²) in [6.07, 6.45) is 2.26. The molecule has 0 spiro atoms. The fourth-order valence-corrected chi connectivity index (χ4v) is 2.82. The lowest BCUT2D eigenvalue weighted by atomic mass is 9.76. The van der Waals surface area contributed by atoms with Gasteiger partial charge in [-0.1, -0.05) is 36.4 Å². The lowest BCUT2D eigenvalue weighted by molar-refractivity contribution is 0.0601. The van der Waals surface area contributed by atoms with Crippen LogP contribution in [-0.4, -0.2) is 19.1 Å². The predicted octanol–water partition coefficient (Wildman–Crippen LogP) is 3.83. The van der Waals surface area contributed by atoms with E-state index in [-0.39, 0.29) is 5.97 Å². The van der Waals surface area contributed by atoms with Crippen molar-refractivity contribution in [3.8, 4) is 0 Å². The average Bonchev–Trinajstić information content (AvgIpc) is 2.51. The Morgan fingerprint density at radius 1 is 1.10 bits per heavy atom. The molecule has 0 aliphatic heterocycles. The minimum atomic E-state index is -0.297. The molecule has 0 saturated heterocycles. The van der Waals surface area contributed by atoms with Crippen molar-refractivity contribution in [1.29, 1.82) is 0 Å². The largest absolute Gasteiger partial charge is 0.465 e. The Bertz CT molecular complexity index is 618. The number of carbonyl (C=O) groups is 1. The van der Waals surface area contributed by atoms with Crippen molar-refractivity contribution < 1.29 is 9.53 Å². The van der Waals surface area contributed by atoms with Gasteiger partial charge in [-0.25, -0.2) is 4.79 Å². The highest BCUT2D eigenvalue weighted by atomic mass is 16.5. The highest BCUT2D eigenvalue weighted by Crippen LogP contribution is 2.38.